The zero-order chi connectivity index (χ0) is 18.9. The molecule has 0 saturated carbocycles. The molecule has 0 aliphatic heterocycles. The molecular weight excluding hydrogens is 362 g/mol. The maximum Gasteiger partial charge on any atom is 0.230 e. The average Bonchev–Trinajstić information content (AvgIpc) is 2.68. The van der Waals surface area contributed by atoms with Gasteiger partial charge in [0.1, 0.15) is 5.75 Å². The summed E-state index contributed by atoms with van der Waals surface area (Å²) in [7, 11) is -3.33. The van der Waals surface area contributed by atoms with E-state index in [0.717, 1.165) is 22.7 Å². The van der Waals surface area contributed by atoms with Crippen LogP contribution in [0, 0.1) is 0 Å². The summed E-state index contributed by atoms with van der Waals surface area (Å²) in [6.45, 7) is 0. The predicted molar refractivity (Wildman–Crippen MR) is 102 cm³/mol. The van der Waals surface area contributed by atoms with E-state index >= 15 is 0 Å². The molecule has 4 aromatic rings. The molecule has 0 saturated heterocycles. The van der Waals surface area contributed by atoms with Crippen LogP contribution >= 0.6 is 0 Å². The van der Waals surface area contributed by atoms with Crippen molar-refractivity contribution in [3.63, 3.8) is 0 Å². The number of para-hydroxylation sites is 1. The van der Waals surface area contributed by atoms with Gasteiger partial charge in [-0.05, 0) is 42.5 Å². The molecule has 7 heteroatoms. The Morgan fingerprint density at radius 3 is 2.56 bits per heavy atom. The molecule has 134 valence electrons. The van der Waals surface area contributed by atoms with Crippen LogP contribution in [0.2, 0.25) is 0 Å². The second kappa shape index (κ2) is 6.77. The van der Waals surface area contributed by atoms with E-state index in [1.165, 1.54) is 12.1 Å². The van der Waals surface area contributed by atoms with Gasteiger partial charge in [0.15, 0.2) is 15.7 Å². The number of hydrogen-bond acceptors (Lipinski definition) is 6. The minimum Gasteiger partial charge on any atom is -0.438 e. The van der Waals surface area contributed by atoms with E-state index in [-0.39, 0.29) is 4.90 Å². The highest BCUT2D eigenvalue weighted by Gasteiger charge is 2.13. The number of benzene rings is 2. The van der Waals surface area contributed by atoms with Gasteiger partial charge in [0.2, 0.25) is 5.88 Å². The monoisotopic (exact) mass is 377 g/mol. The van der Waals surface area contributed by atoms with E-state index in [2.05, 4.69) is 15.0 Å². The molecule has 0 spiro atoms. The Kier molecular flexibility index (Phi) is 4.29. The molecule has 2 heterocycles. The lowest BCUT2D eigenvalue weighted by Gasteiger charge is -2.10. The SMILES string of the molecule is CS(=O)(=O)c1cccc(Oc2nc(-c3cccnc3)nc3ccccc23)c1. The first-order chi connectivity index (χ1) is 13.0. The molecule has 27 heavy (non-hydrogen) atoms. The number of rotatable bonds is 4. The van der Waals surface area contributed by atoms with Gasteiger partial charge in [0.25, 0.3) is 0 Å². The molecule has 0 fully saturated rings. The summed E-state index contributed by atoms with van der Waals surface area (Å²) in [5.41, 5.74) is 1.48. The fourth-order valence-corrected chi connectivity index (χ4v) is 3.29. The molecule has 0 N–H and O–H groups in total. The maximum atomic E-state index is 11.8. The minimum absolute atomic E-state index is 0.186. The lowest BCUT2D eigenvalue weighted by atomic mass is 10.2. The third-order valence-electron chi connectivity index (χ3n) is 3.94. The third kappa shape index (κ3) is 3.63. The number of fused-ring (bicyclic) bond motifs is 1. The summed E-state index contributed by atoms with van der Waals surface area (Å²) in [4.78, 5) is 13.4. The average molecular weight is 377 g/mol. The summed E-state index contributed by atoms with van der Waals surface area (Å²) < 4.78 is 29.6. The van der Waals surface area contributed by atoms with Crippen LogP contribution in [0.1, 0.15) is 0 Å². The zero-order valence-corrected chi connectivity index (χ0v) is 15.2. The van der Waals surface area contributed by atoms with Gasteiger partial charge >= 0.3 is 0 Å². The van der Waals surface area contributed by atoms with Crippen molar-refractivity contribution in [1.29, 1.82) is 0 Å². The first kappa shape index (κ1) is 17.1. The lowest BCUT2D eigenvalue weighted by Crippen LogP contribution is -1.99. The van der Waals surface area contributed by atoms with Crippen molar-refractivity contribution in [2.24, 2.45) is 0 Å². The molecule has 4 rings (SSSR count). The number of pyridine rings is 1. The van der Waals surface area contributed by atoms with Gasteiger partial charge in [-0.15, -0.1) is 0 Å². The molecular formula is C20H15N3O3S. The van der Waals surface area contributed by atoms with Gasteiger partial charge in [-0.2, -0.15) is 4.98 Å². The normalized spacial score (nSPS) is 11.4. The molecule has 6 nitrogen and oxygen atoms in total. The summed E-state index contributed by atoms with van der Waals surface area (Å²) >= 11 is 0. The van der Waals surface area contributed by atoms with E-state index in [1.54, 1.807) is 24.5 Å². The van der Waals surface area contributed by atoms with E-state index in [4.69, 9.17) is 4.74 Å². The first-order valence-corrected chi connectivity index (χ1v) is 10.0. The topological polar surface area (TPSA) is 82.0 Å². The van der Waals surface area contributed by atoms with E-state index in [1.807, 2.05) is 36.4 Å². The smallest absolute Gasteiger partial charge is 0.230 e. The molecule has 0 bridgehead atoms. The van der Waals surface area contributed by atoms with Gasteiger partial charge in [-0.25, -0.2) is 13.4 Å². The van der Waals surface area contributed by atoms with Gasteiger partial charge in [0.05, 0.1) is 15.8 Å². The van der Waals surface area contributed by atoms with Gasteiger partial charge in [-0.3, -0.25) is 4.98 Å². The number of aromatic nitrogens is 3. The molecule has 0 unspecified atom stereocenters. The highest BCUT2D eigenvalue weighted by Crippen LogP contribution is 2.30. The molecule has 0 radical (unpaired) electrons. The van der Waals surface area contributed by atoms with E-state index in [9.17, 15) is 8.42 Å². The minimum atomic E-state index is -3.33. The number of sulfone groups is 1. The highest BCUT2D eigenvalue weighted by atomic mass is 32.2. The van der Waals surface area contributed by atoms with Crippen molar-refractivity contribution < 1.29 is 13.2 Å². The summed E-state index contributed by atoms with van der Waals surface area (Å²) in [6, 6.07) is 17.5. The Morgan fingerprint density at radius 1 is 0.926 bits per heavy atom. The highest BCUT2D eigenvalue weighted by molar-refractivity contribution is 7.90. The fourth-order valence-electron chi connectivity index (χ4n) is 2.63. The summed E-state index contributed by atoms with van der Waals surface area (Å²) in [6.07, 6.45) is 4.52. The molecule has 2 aromatic carbocycles. The first-order valence-electron chi connectivity index (χ1n) is 8.16. The Labute approximate surface area is 156 Å². The van der Waals surface area contributed by atoms with Crippen LogP contribution in [0.15, 0.2) is 78.0 Å². The Hall–Kier alpha value is -3.32. The molecule has 0 amide bonds. The van der Waals surface area contributed by atoms with Gasteiger partial charge in [-0.1, -0.05) is 18.2 Å². The van der Waals surface area contributed by atoms with Crippen LogP contribution in [0.4, 0.5) is 0 Å². The van der Waals surface area contributed by atoms with Crippen LogP contribution < -0.4 is 4.74 Å². The Balaban J connectivity index is 1.84. The number of nitrogens with zero attached hydrogens (tertiary/aromatic N) is 3. The maximum absolute atomic E-state index is 11.8. The number of hydrogen-bond donors (Lipinski definition) is 0. The Bertz CT molecular complexity index is 1230. The molecule has 2 aromatic heterocycles. The standard InChI is InChI=1S/C20H15N3O3S/c1-27(24,25)16-8-4-7-15(12-16)26-20-17-9-2-3-10-18(17)22-19(23-20)14-6-5-11-21-13-14/h2-13H,1H3. The van der Waals surface area contributed by atoms with E-state index in [0.29, 0.717) is 17.5 Å². The molecule has 0 aliphatic rings. The van der Waals surface area contributed by atoms with Gasteiger partial charge < -0.3 is 4.74 Å². The van der Waals surface area contributed by atoms with Crippen LogP contribution in [0.5, 0.6) is 11.6 Å². The Morgan fingerprint density at radius 2 is 1.78 bits per heavy atom. The van der Waals surface area contributed by atoms with Crippen molar-refractivity contribution in [3.05, 3.63) is 73.1 Å². The number of ether oxygens (including phenoxy) is 1. The largest absolute Gasteiger partial charge is 0.438 e. The van der Waals surface area contributed by atoms with Crippen molar-refractivity contribution in [2.45, 2.75) is 4.90 Å². The molecule has 0 aliphatic carbocycles. The van der Waals surface area contributed by atoms with Crippen LogP contribution in [0.25, 0.3) is 22.3 Å². The molecule has 0 atom stereocenters. The fraction of sp³-hybridized carbons (Fsp3) is 0.0500. The van der Waals surface area contributed by atoms with Crippen molar-refractivity contribution >= 4 is 20.7 Å². The summed E-state index contributed by atoms with van der Waals surface area (Å²) in [5.74, 6) is 1.22. The van der Waals surface area contributed by atoms with Crippen LogP contribution in [0.3, 0.4) is 0 Å². The third-order valence-corrected chi connectivity index (χ3v) is 5.05. The van der Waals surface area contributed by atoms with Crippen molar-refractivity contribution in [1.82, 2.24) is 15.0 Å². The second-order valence-corrected chi connectivity index (χ2v) is 7.98. The van der Waals surface area contributed by atoms with Crippen LogP contribution in [-0.4, -0.2) is 29.6 Å². The van der Waals surface area contributed by atoms with Gasteiger partial charge in [0, 0.05) is 24.2 Å². The van der Waals surface area contributed by atoms with Crippen molar-refractivity contribution in [3.8, 4) is 23.0 Å². The second-order valence-electron chi connectivity index (χ2n) is 5.96. The quantitative estimate of drug-likeness (QED) is 0.537. The van der Waals surface area contributed by atoms with E-state index < -0.39 is 9.84 Å². The zero-order valence-electron chi connectivity index (χ0n) is 14.4. The summed E-state index contributed by atoms with van der Waals surface area (Å²) in [5, 5.41) is 0.731. The van der Waals surface area contributed by atoms with Crippen LogP contribution in [-0.2, 0) is 9.84 Å². The lowest BCUT2D eigenvalue weighted by molar-refractivity contribution is 0.467. The predicted octanol–water partition coefficient (Wildman–Crippen LogP) is 3.89. The van der Waals surface area contributed by atoms with Crippen molar-refractivity contribution in [2.75, 3.05) is 6.26 Å².